The van der Waals surface area contributed by atoms with Gasteiger partial charge >= 0.3 is 5.97 Å². The Labute approximate surface area is 221 Å². The number of hydrogen-bond donors (Lipinski definition) is 6. The summed E-state index contributed by atoms with van der Waals surface area (Å²) in [7, 11) is 0. The first kappa shape index (κ1) is 31.9. The van der Waals surface area contributed by atoms with Gasteiger partial charge in [0.05, 0.1) is 6.04 Å². The quantitative estimate of drug-likeness (QED) is 0.162. The van der Waals surface area contributed by atoms with Crippen LogP contribution in [0.15, 0.2) is 30.3 Å². The Kier molecular flexibility index (Phi) is 14.3. The molecule has 0 heterocycles. The highest BCUT2D eigenvalue weighted by atomic mass is 32.2. The SMILES string of the molecule is CSCCC(N)C(=O)NC(CC(C)C)C(=O)NC(CCC(N)=O)C(=O)NC(Cc1ccccc1)C(=O)O. The standard InChI is InChI=1S/C25H39N5O6S/c1-15(2)13-19(29-22(32)17(26)11-12-37-3)24(34)28-18(9-10-21(27)31)23(33)30-20(25(35)36)14-16-7-5-4-6-8-16/h4-8,15,17-20H,9-14,26H2,1-3H3,(H2,27,31)(H,28,34)(H,29,32)(H,30,33)(H,35,36). The van der Waals surface area contributed by atoms with Gasteiger partial charge < -0.3 is 32.5 Å². The number of benzene rings is 1. The molecule has 11 nitrogen and oxygen atoms in total. The zero-order valence-corrected chi connectivity index (χ0v) is 22.4. The summed E-state index contributed by atoms with van der Waals surface area (Å²) >= 11 is 1.55. The van der Waals surface area contributed by atoms with E-state index in [2.05, 4.69) is 16.0 Å². The van der Waals surface area contributed by atoms with Crippen molar-refractivity contribution in [3.63, 3.8) is 0 Å². The first-order valence-corrected chi connectivity index (χ1v) is 13.5. The summed E-state index contributed by atoms with van der Waals surface area (Å²) in [5.74, 6) is -3.12. The Balaban J connectivity index is 3.01. The molecule has 1 aromatic rings. The molecule has 0 aliphatic heterocycles. The van der Waals surface area contributed by atoms with Crippen LogP contribution in [0, 0.1) is 5.92 Å². The maximum atomic E-state index is 13.1. The fourth-order valence-corrected chi connectivity index (χ4v) is 4.00. The lowest BCUT2D eigenvalue weighted by molar-refractivity contribution is -0.142. The second-order valence-electron chi connectivity index (χ2n) is 9.23. The predicted octanol–water partition coefficient (Wildman–Crippen LogP) is 0.160. The normalized spacial score (nSPS) is 14.2. The van der Waals surface area contributed by atoms with Crippen LogP contribution in [0.3, 0.4) is 0 Å². The maximum Gasteiger partial charge on any atom is 0.326 e. The molecule has 0 saturated heterocycles. The van der Waals surface area contributed by atoms with Crippen molar-refractivity contribution in [2.45, 2.75) is 70.1 Å². The van der Waals surface area contributed by atoms with Crippen molar-refractivity contribution < 1.29 is 29.1 Å². The van der Waals surface area contributed by atoms with Crippen LogP contribution in [0.4, 0.5) is 0 Å². The van der Waals surface area contributed by atoms with Crippen LogP contribution in [-0.4, -0.2) is 70.9 Å². The fraction of sp³-hybridized carbons (Fsp3) is 0.560. The van der Waals surface area contributed by atoms with E-state index in [1.165, 1.54) is 0 Å². The van der Waals surface area contributed by atoms with Gasteiger partial charge in [0.25, 0.3) is 0 Å². The van der Waals surface area contributed by atoms with Crippen LogP contribution in [0.5, 0.6) is 0 Å². The molecule has 0 spiro atoms. The van der Waals surface area contributed by atoms with E-state index in [9.17, 15) is 29.1 Å². The molecule has 0 radical (unpaired) electrons. The van der Waals surface area contributed by atoms with Crippen LogP contribution < -0.4 is 27.4 Å². The molecule has 0 aliphatic carbocycles. The highest BCUT2D eigenvalue weighted by molar-refractivity contribution is 7.98. The van der Waals surface area contributed by atoms with E-state index in [0.717, 1.165) is 0 Å². The minimum Gasteiger partial charge on any atom is -0.480 e. The molecule has 0 saturated carbocycles. The van der Waals surface area contributed by atoms with Crippen molar-refractivity contribution in [2.24, 2.45) is 17.4 Å². The highest BCUT2D eigenvalue weighted by Crippen LogP contribution is 2.09. The van der Waals surface area contributed by atoms with Crippen LogP contribution in [0.2, 0.25) is 0 Å². The number of amides is 4. The predicted molar refractivity (Wildman–Crippen MR) is 142 cm³/mol. The van der Waals surface area contributed by atoms with Crippen LogP contribution in [-0.2, 0) is 30.4 Å². The van der Waals surface area contributed by atoms with E-state index in [4.69, 9.17) is 11.5 Å². The lowest BCUT2D eigenvalue weighted by atomic mass is 10.0. The Morgan fingerprint density at radius 3 is 2.00 bits per heavy atom. The average molecular weight is 538 g/mol. The van der Waals surface area contributed by atoms with E-state index >= 15 is 0 Å². The minimum atomic E-state index is -1.26. The van der Waals surface area contributed by atoms with Gasteiger partial charge in [0.2, 0.25) is 23.6 Å². The summed E-state index contributed by atoms with van der Waals surface area (Å²) in [5.41, 5.74) is 11.9. The summed E-state index contributed by atoms with van der Waals surface area (Å²) in [6.45, 7) is 3.75. The van der Waals surface area contributed by atoms with Crippen LogP contribution in [0.25, 0.3) is 0 Å². The van der Waals surface area contributed by atoms with E-state index < -0.39 is 53.8 Å². The van der Waals surface area contributed by atoms with Crippen LogP contribution in [0.1, 0.15) is 45.1 Å². The zero-order valence-electron chi connectivity index (χ0n) is 21.6. The topological polar surface area (TPSA) is 194 Å². The van der Waals surface area contributed by atoms with E-state index in [0.29, 0.717) is 17.7 Å². The number of carboxylic acids is 1. The van der Waals surface area contributed by atoms with Gasteiger partial charge in [-0.05, 0) is 42.8 Å². The molecule has 8 N–H and O–H groups in total. The Bertz CT molecular complexity index is 914. The van der Waals surface area contributed by atoms with Gasteiger partial charge in [0, 0.05) is 12.8 Å². The van der Waals surface area contributed by atoms with Crippen LogP contribution >= 0.6 is 11.8 Å². The van der Waals surface area contributed by atoms with Crippen molar-refractivity contribution in [3.8, 4) is 0 Å². The molecule has 12 heteroatoms. The number of carbonyl (C=O) groups is 5. The number of carbonyl (C=O) groups excluding carboxylic acids is 4. The van der Waals surface area contributed by atoms with Crippen molar-refractivity contribution in [1.29, 1.82) is 0 Å². The van der Waals surface area contributed by atoms with Crippen molar-refractivity contribution >= 4 is 41.4 Å². The molecule has 1 aromatic carbocycles. The van der Waals surface area contributed by atoms with Crippen molar-refractivity contribution in [1.82, 2.24) is 16.0 Å². The van der Waals surface area contributed by atoms with E-state index in [-0.39, 0.29) is 31.6 Å². The number of thioether (sulfide) groups is 1. The summed E-state index contributed by atoms with van der Waals surface area (Å²) in [6.07, 6.45) is 2.28. The first-order chi connectivity index (χ1) is 17.4. The second-order valence-corrected chi connectivity index (χ2v) is 10.2. The number of hydrogen-bond acceptors (Lipinski definition) is 7. The molecule has 0 fully saturated rings. The van der Waals surface area contributed by atoms with Gasteiger partial charge in [-0.2, -0.15) is 11.8 Å². The molecule has 4 amide bonds. The van der Waals surface area contributed by atoms with E-state index in [1.54, 1.807) is 42.1 Å². The molecule has 0 bridgehead atoms. The molecule has 4 unspecified atom stereocenters. The molecule has 37 heavy (non-hydrogen) atoms. The van der Waals surface area contributed by atoms with Gasteiger partial charge in [-0.25, -0.2) is 4.79 Å². The third-order valence-electron chi connectivity index (χ3n) is 5.52. The lowest BCUT2D eigenvalue weighted by Crippen LogP contribution is -2.57. The molecule has 1 rings (SSSR count). The summed E-state index contributed by atoms with van der Waals surface area (Å²) in [6, 6.07) is 4.49. The van der Waals surface area contributed by atoms with E-state index in [1.807, 2.05) is 20.1 Å². The third kappa shape index (κ3) is 12.6. The summed E-state index contributed by atoms with van der Waals surface area (Å²) in [4.78, 5) is 61.9. The Morgan fingerprint density at radius 1 is 0.892 bits per heavy atom. The maximum absolute atomic E-state index is 13.1. The second kappa shape index (κ2) is 16.6. The highest BCUT2D eigenvalue weighted by Gasteiger charge is 2.31. The largest absolute Gasteiger partial charge is 0.480 e. The molecule has 4 atom stereocenters. The zero-order chi connectivity index (χ0) is 28.0. The fourth-order valence-electron chi connectivity index (χ4n) is 3.51. The summed E-state index contributed by atoms with van der Waals surface area (Å²) < 4.78 is 0. The number of nitrogens with one attached hydrogen (secondary N) is 3. The Morgan fingerprint density at radius 2 is 1.46 bits per heavy atom. The monoisotopic (exact) mass is 537 g/mol. The van der Waals surface area contributed by atoms with Gasteiger partial charge in [0.1, 0.15) is 18.1 Å². The van der Waals surface area contributed by atoms with Gasteiger partial charge in [-0.1, -0.05) is 44.2 Å². The van der Waals surface area contributed by atoms with Gasteiger partial charge in [-0.3, -0.25) is 19.2 Å². The lowest BCUT2D eigenvalue weighted by Gasteiger charge is -2.26. The number of carboxylic acid groups (broad SMARTS) is 1. The molecule has 0 aromatic heterocycles. The molecule has 206 valence electrons. The average Bonchev–Trinajstić information content (AvgIpc) is 2.83. The third-order valence-corrected chi connectivity index (χ3v) is 6.16. The van der Waals surface area contributed by atoms with Gasteiger partial charge in [0.15, 0.2) is 0 Å². The number of primary amides is 1. The summed E-state index contributed by atoms with van der Waals surface area (Å²) in [5, 5.41) is 17.3. The minimum absolute atomic E-state index is 0.0262. The van der Waals surface area contributed by atoms with Crippen molar-refractivity contribution in [3.05, 3.63) is 35.9 Å². The van der Waals surface area contributed by atoms with Gasteiger partial charge in [-0.15, -0.1) is 0 Å². The van der Waals surface area contributed by atoms with Crippen molar-refractivity contribution in [2.75, 3.05) is 12.0 Å². The first-order valence-electron chi connectivity index (χ1n) is 12.1. The molecular formula is C25H39N5O6S. The number of rotatable bonds is 17. The Hall–Kier alpha value is -3.12. The number of nitrogens with two attached hydrogens (primary N) is 2. The molecular weight excluding hydrogens is 498 g/mol. The number of aliphatic carboxylic acids is 1. The smallest absolute Gasteiger partial charge is 0.326 e. The molecule has 0 aliphatic rings.